The molecule has 0 bridgehead atoms. The topological polar surface area (TPSA) is 53.3 Å². The molecule has 18 heavy (non-hydrogen) atoms. The van der Waals surface area contributed by atoms with E-state index in [1.54, 1.807) is 26.1 Å². The van der Waals surface area contributed by atoms with Gasteiger partial charge in [-0.05, 0) is 31.2 Å². The minimum absolute atomic E-state index is 0.131. The van der Waals surface area contributed by atoms with Crippen LogP contribution in [0.15, 0.2) is 28.7 Å². The van der Waals surface area contributed by atoms with Crippen molar-refractivity contribution >= 4 is 21.8 Å². The number of carbonyl (C=O) groups is 1. The Kier molecular flexibility index (Phi) is 5.66. The van der Waals surface area contributed by atoms with Crippen LogP contribution in [0.3, 0.4) is 0 Å². The number of benzene rings is 1. The largest absolute Gasteiger partial charge is 0.481 e. The highest BCUT2D eigenvalue weighted by atomic mass is 79.9. The summed E-state index contributed by atoms with van der Waals surface area (Å²) in [6, 6.07) is 9.30. The zero-order valence-corrected chi connectivity index (χ0v) is 12.0. The van der Waals surface area contributed by atoms with Gasteiger partial charge in [0.2, 0.25) is 0 Å². The highest BCUT2D eigenvalue weighted by molar-refractivity contribution is 9.10. The Hall–Kier alpha value is -1.54. The maximum absolute atomic E-state index is 11.9. The van der Waals surface area contributed by atoms with Gasteiger partial charge in [0.15, 0.2) is 6.10 Å². The molecule has 96 valence electrons. The summed E-state index contributed by atoms with van der Waals surface area (Å²) in [4.78, 5) is 13.4. The van der Waals surface area contributed by atoms with Gasteiger partial charge in [0.05, 0.1) is 12.5 Å². The fraction of sp³-hybridized carbons (Fsp3) is 0.385. The lowest BCUT2D eigenvalue weighted by molar-refractivity contribution is -0.136. The molecule has 1 aromatic carbocycles. The Morgan fingerprint density at radius 1 is 1.50 bits per heavy atom. The molecule has 0 aromatic heterocycles. The maximum Gasteiger partial charge on any atom is 0.263 e. The summed E-state index contributed by atoms with van der Waals surface area (Å²) in [6.07, 6.45) is -0.234. The molecule has 0 fully saturated rings. The molecule has 1 amide bonds. The van der Waals surface area contributed by atoms with Crippen LogP contribution in [0.25, 0.3) is 0 Å². The molecule has 0 saturated carbocycles. The third-order valence-corrected chi connectivity index (χ3v) is 2.94. The fourth-order valence-electron chi connectivity index (χ4n) is 1.41. The molecule has 0 heterocycles. The van der Waals surface area contributed by atoms with E-state index in [1.807, 2.05) is 18.2 Å². The number of nitriles is 1. The van der Waals surface area contributed by atoms with Crippen molar-refractivity contribution in [2.24, 2.45) is 0 Å². The van der Waals surface area contributed by atoms with E-state index in [4.69, 9.17) is 10.00 Å². The van der Waals surface area contributed by atoms with Crippen molar-refractivity contribution in [1.29, 1.82) is 5.26 Å². The van der Waals surface area contributed by atoms with Gasteiger partial charge in [-0.3, -0.25) is 4.79 Å². The first-order valence-electron chi connectivity index (χ1n) is 5.58. The summed E-state index contributed by atoms with van der Waals surface area (Å²) in [6.45, 7) is 2.12. The van der Waals surface area contributed by atoms with Crippen molar-refractivity contribution in [3.8, 4) is 11.8 Å². The van der Waals surface area contributed by atoms with Crippen LogP contribution in [0.4, 0.5) is 0 Å². The Morgan fingerprint density at radius 3 is 2.67 bits per heavy atom. The lowest BCUT2D eigenvalue weighted by atomic mass is 10.3. The third-order valence-electron chi connectivity index (χ3n) is 2.41. The highest BCUT2D eigenvalue weighted by Gasteiger charge is 2.18. The predicted octanol–water partition coefficient (Wildman–Crippen LogP) is 2.59. The standard InChI is InChI=1S/C13H15BrN2O2/c1-10(13(17)16(2)9-3-8-15)18-12-6-4-11(14)5-7-12/h4-7,10H,3,9H2,1-2H3. The van der Waals surface area contributed by atoms with Crippen molar-refractivity contribution < 1.29 is 9.53 Å². The number of nitrogens with zero attached hydrogens (tertiary/aromatic N) is 2. The first-order chi connectivity index (χ1) is 8.54. The van der Waals surface area contributed by atoms with E-state index < -0.39 is 6.10 Å². The molecule has 1 atom stereocenters. The summed E-state index contributed by atoms with van der Waals surface area (Å²) in [5.74, 6) is 0.515. The molecule has 1 unspecified atom stereocenters. The molecule has 0 radical (unpaired) electrons. The number of likely N-dealkylation sites (N-methyl/N-ethyl adjacent to an activating group) is 1. The van der Waals surface area contributed by atoms with Crippen molar-refractivity contribution in [3.63, 3.8) is 0 Å². The van der Waals surface area contributed by atoms with Crippen molar-refractivity contribution in [2.45, 2.75) is 19.4 Å². The zero-order valence-electron chi connectivity index (χ0n) is 10.4. The predicted molar refractivity (Wildman–Crippen MR) is 72.1 cm³/mol. The summed E-state index contributed by atoms with van der Waals surface area (Å²) in [7, 11) is 1.67. The van der Waals surface area contributed by atoms with Gasteiger partial charge in [-0.25, -0.2) is 0 Å². The zero-order chi connectivity index (χ0) is 13.5. The van der Waals surface area contributed by atoms with Crippen LogP contribution >= 0.6 is 15.9 Å². The molecule has 0 saturated heterocycles. The quantitative estimate of drug-likeness (QED) is 0.840. The van der Waals surface area contributed by atoms with E-state index in [2.05, 4.69) is 15.9 Å². The van der Waals surface area contributed by atoms with Gasteiger partial charge < -0.3 is 9.64 Å². The highest BCUT2D eigenvalue weighted by Crippen LogP contribution is 2.17. The maximum atomic E-state index is 11.9. The number of halogens is 1. The van der Waals surface area contributed by atoms with Crippen LogP contribution in [0, 0.1) is 11.3 Å². The van der Waals surface area contributed by atoms with E-state index in [-0.39, 0.29) is 5.91 Å². The van der Waals surface area contributed by atoms with Crippen LogP contribution < -0.4 is 4.74 Å². The average molecular weight is 311 g/mol. The molecular formula is C13H15BrN2O2. The smallest absolute Gasteiger partial charge is 0.263 e. The monoisotopic (exact) mass is 310 g/mol. The Morgan fingerprint density at radius 2 is 2.11 bits per heavy atom. The molecule has 1 aromatic rings. The normalized spacial score (nSPS) is 11.4. The number of amides is 1. The van der Waals surface area contributed by atoms with Gasteiger partial charge in [-0.1, -0.05) is 15.9 Å². The molecule has 0 N–H and O–H groups in total. The van der Waals surface area contributed by atoms with E-state index in [1.165, 1.54) is 4.90 Å². The molecule has 0 aliphatic heterocycles. The van der Waals surface area contributed by atoms with Gasteiger partial charge in [-0.2, -0.15) is 5.26 Å². The average Bonchev–Trinajstić information content (AvgIpc) is 2.37. The van der Waals surface area contributed by atoms with Crippen LogP contribution in [0.1, 0.15) is 13.3 Å². The second kappa shape index (κ2) is 7.02. The third kappa shape index (κ3) is 4.38. The number of ether oxygens (including phenoxy) is 1. The Bertz CT molecular complexity index is 439. The van der Waals surface area contributed by atoms with Gasteiger partial charge >= 0.3 is 0 Å². The van der Waals surface area contributed by atoms with E-state index in [9.17, 15) is 4.79 Å². The molecule has 0 aliphatic carbocycles. The lowest BCUT2D eigenvalue weighted by Gasteiger charge is -2.21. The van der Waals surface area contributed by atoms with E-state index in [0.717, 1.165) is 4.47 Å². The Labute approximate surface area is 115 Å². The van der Waals surface area contributed by atoms with Crippen LogP contribution in [0.5, 0.6) is 5.75 Å². The van der Waals surface area contributed by atoms with Crippen molar-refractivity contribution in [2.75, 3.05) is 13.6 Å². The van der Waals surface area contributed by atoms with Gasteiger partial charge in [-0.15, -0.1) is 0 Å². The van der Waals surface area contributed by atoms with Gasteiger partial charge in [0.1, 0.15) is 5.75 Å². The fourth-order valence-corrected chi connectivity index (χ4v) is 1.67. The van der Waals surface area contributed by atoms with Gasteiger partial charge in [0, 0.05) is 18.1 Å². The van der Waals surface area contributed by atoms with Crippen molar-refractivity contribution in [1.82, 2.24) is 4.90 Å². The summed E-state index contributed by atoms with van der Waals surface area (Å²) >= 11 is 3.33. The first-order valence-corrected chi connectivity index (χ1v) is 6.38. The second-order valence-corrected chi connectivity index (χ2v) is 4.80. The first kappa shape index (κ1) is 14.5. The van der Waals surface area contributed by atoms with Gasteiger partial charge in [0.25, 0.3) is 5.91 Å². The number of hydrogen-bond donors (Lipinski definition) is 0. The van der Waals surface area contributed by atoms with E-state index >= 15 is 0 Å². The van der Waals surface area contributed by atoms with E-state index in [0.29, 0.717) is 18.7 Å². The van der Waals surface area contributed by atoms with Crippen LogP contribution in [-0.2, 0) is 4.79 Å². The van der Waals surface area contributed by atoms with Crippen LogP contribution in [0.2, 0.25) is 0 Å². The Balaban J connectivity index is 2.54. The van der Waals surface area contributed by atoms with Crippen LogP contribution in [-0.4, -0.2) is 30.5 Å². The minimum Gasteiger partial charge on any atom is -0.481 e. The molecule has 0 aliphatic rings. The molecule has 1 rings (SSSR count). The molecule has 0 spiro atoms. The SMILES string of the molecule is CC(Oc1ccc(Br)cc1)C(=O)N(C)CCC#N. The molecule has 5 heteroatoms. The molecule has 4 nitrogen and oxygen atoms in total. The summed E-state index contributed by atoms with van der Waals surface area (Å²) < 4.78 is 6.50. The number of rotatable bonds is 5. The van der Waals surface area contributed by atoms with Crippen molar-refractivity contribution in [3.05, 3.63) is 28.7 Å². The number of carbonyl (C=O) groups excluding carboxylic acids is 1. The summed E-state index contributed by atoms with van der Waals surface area (Å²) in [5, 5.41) is 8.47. The minimum atomic E-state index is -0.560. The lowest BCUT2D eigenvalue weighted by Crippen LogP contribution is -2.38. The second-order valence-electron chi connectivity index (χ2n) is 3.88. The molecular weight excluding hydrogens is 296 g/mol. The number of hydrogen-bond acceptors (Lipinski definition) is 3. The summed E-state index contributed by atoms with van der Waals surface area (Å²) in [5.41, 5.74) is 0.